The Bertz CT molecular complexity index is 1240. The Morgan fingerprint density at radius 3 is 1.46 bits per heavy atom. The van der Waals surface area contributed by atoms with Crippen LogP contribution in [-0.2, 0) is 23.9 Å². The molecular weight excluding hydrogens is 544 g/mol. The van der Waals surface area contributed by atoms with E-state index in [1.807, 2.05) is 0 Å². The standard InChI is InChI=1S/C11H10F3N3O3.C11H9F3N2O3/c1-2-20-11(18)9(5-15-19)17-16-6-3-7(12)10(14)8(13)4-6;1-2-19-11(18)9(5-17)16-15-6-3-7(12)10(14)8(13)4-6/h3-5,16,19H,2H2,1H3;3-5,15H,2H2,1H3/b15-5+,17-9+;16-9+. The van der Waals surface area contributed by atoms with Crippen LogP contribution < -0.4 is 10.9 Å². The molecule has 0 spiro atoms. The summed E-state index contributed by atoms with van der Waals surface area (Å²) in [6.45, 7) is 3.16. The van der Waals surface area contributed by atoms with Crippen LogP contribution in [0.2, 0.25) is 0 Å². The molecule has 0 aliphatic carbocycles. The van der Waals surface area contributed by atoms with Crippen molar-refractivity contribution in [2.24, 2.45) is 15.4 Å². The number of nitrogens with one attached hydrogen (secondary N) is 2. The summed E-state index contributed by atoms with van der Waals surface area (Å²) in [6.07, 6.45) is 0.780. The topological polar surface area (TPSA) is 151 Å². The molecule has 0 aliphatic heterocycles. The van der Waals surface area contributed by atoms with Crippen LogP contribution in [0.25, 0.3) is 0 Å². The lowest BCUT2D eigenvalue weighted by molar-refractivity contribution is -0.136. The predicted molar refractivity (Wildman–Crippen MR) is 124 cm³/mol. The number of esters is 2. The van der Waals surface area contributed by atoms with Gasteiger partial charge < -0.3 is 14.7 Å². The first-order valence-electron chi connectivity index (χ1n) is 10.4. The van der Waals surface area contributed by atoms with Gasteiger partial charge in [0.1, 0.15) is 6.21 Å². The molecule has 0 amide bonds. The van der Waals surface area contributed by atoms with Gasteiger partial charge in [-0.15, -0.1) is 0 Å². The van der Waals surface area contributed by atoms with E-state index >= 15 is 0 Å². The van der Waals surface area contributed by atoms with E-state index in [9.17, 15) is 40.7 Å². The first-order valence-corrected chi connectivity index (χ1v) is 10.4. The van der Waals surface area contributed by atoms with Crippen LogP contribution >= 0.6 is 0 Å². The molecule has 2 rings (SSSR count). The van der Waals surface area contributed by atoms with E-state index in [1.54, 1.807) is 6.92 Å². The van der Waals surface area contributed by atoms with Crippen molar-refractivity contribution in [3.8, 4) is 0 Å². The number of carbonyl (C=O) groups excluding carboxylic acids is 3. The molecule has 3 N–H and O–H groups in total. The number of ether oxygens (including phenoxy) is 2. The predicted octanol–water partition coefficient (Wildman–Crippen LogP) is 3.53. The highest BCUT2D eigenvalue weighted by atomic mass is 19.2. The molecule has 0 aliphatic rings. The second-order valence-corrected chi connectivity index (χ2v) is 6.53. The maximum Gasteiger partial charge on any atom is 0.362 e. The van der Waals surface area contributed by atoms with E-state index in [0.717, 1.165) is 0 Å². The van der Waals surface area contributed by atoms with Crippen LogP contribution in [0.1, 0.15) is 13.8 Å². The molecule has 0 radical (unpaired) electrons. The summed E-state index contributed by atoms with van der Waals surface area (Å²) in [5, 5.41) is 17.7. The molecule has 0 fully saturated rings. The van der Waals surface area contributed by atoms with E-state index in [4.69, 9.17) is 5.21 Å². The quantitative estimate of drug-likeness (QED) is 0.0581. The molecule has 0 bridgehead atoms. The Morgan fingerprint density at radius 1 is 0.769 bits per heavy atom. The minimum Gasteiger partial charge on any atom is -0.461 e. The highest BCUT2D eigenvalue weighted by molar-refractivity contribution is 6.59. The highest BCUT2D eigenvalue weighted by Gasteiger charge is 2.14. The van der Waals surface area contributed by atoms with Gasteiger partial charge in [-0.25, -0.2) is 35.9 Å². The van der Waals surface area contributed by atoms with Crippen molar-refractivity contribution < 1.29 is 55.4 Å². The van der Waals surface area contributed by atoms with Crippen molar-refractivity contribution in [2.45, 2.75) is 13.8 Å². The molecule has 0 saturated heterocycles. The van der Waals surface area contributed by atoms with Crippen LogP contribution in [0.5, 0.6) is 0 Å². The van der Waals surface area contributed by atoms with Crippen LogP contribution in [0.3, 0.4) is 0 Å². The summed E-state index contributed by atoms with van der Waals surface area (Å²) >= 11 is 0. The monoisotopic (exact) mass is 563 g/mol. The number of hydrogen-bond acceptors (Lipinski definition) is 11. The summed E-state index contributed by atoms with van der Waals surface area (Å²) in [7, 11) is 0. The van der Waals surface area contributed by atoms with Gasteiger partial charge in [0.15, 0.2) is 46.9 Å². The van der Waals surface area contributed by atoms with Crippen LogP contribution in [0.4, 0.5) is 37.7 Å². The summed E-state index contributed by atoms with van der Waals surface area (Å²) in [4.78, 5) is 33.0. The SMILES string of the molecule is CCOC(=O)/C(C=O)=N/Nc1cc(F)c(F)c(F)c1.CCOC(=O)C(/C=N/O)=N/Nc1cc(F)c(F)c(F)c1. The number of hydrazone groups is 2. The van der Waals surface area contributed by atoms with Gasteiger partial charge in [-0.1, -0.05) is 5.16 Å². The molecule has 210 valence electrons. The summed E-state index contributed by atoms with van der Waals surface area (Å²) in [5.41, 5.74) is 2.60. The van der Waals surface area contributed by atoms with E-state index in [1.165, 1.54) is 6.92 Å². The van der Waals surface area contributed by atoms with Crippen LogP contribution in [0.15, 0.2) is 39.6 Å². The fourth-order valence-corrected chi connectivity index (χ4v) is 2.20. The van der Waals surface area contributed by atoms with Gasteiger partial charge in [0.25, 0.3) is 0 Å². The smallest absolute Gasteiger partial charge is 0.362 e. The Balaban J connectivity index is 0.000000391. The van der Waals surface area contributed by atoms with E-state index in [2.05, 4.69) is 35.7 Å². The Labute approximate surface area is 215 Å². The Morgan fingerprint density at radius 2 is 1.13 bits per heavy atom. The first-order chi connectivity index (χ1) is 18.5. The molecule has 0 heterocycles. The second-order valence-electron chi connectivity index (χ2n) is 6.53. The number of benzene rings is 2. The third-order valence-corrected chi connectivity index (χ3v) is 3.84. The number of halogens is 6. The van der Waals surface area contributed by atoms with Gasteiger partial charge in [-0.2, -0.15) is 10.2 Å². The number of hydrogen-bond donors (Lipinski definition) is 3. The second kappa shape index (κ2) is 16.0. The lowest BCUT2D eigenvalue weighted by Crippen LogP contribution is -2.20. The molecule has 0 aromatic heterocycles. The maximum absolute atomic E-state index is 12.9. The zero-order valence-corrected chi connectivity index (χ0v) is 20.0. The minimum atomic E-state index is -1.63. The third kappa shape index (κ3) is 10.1. The average Bonchev–Trinajstić information content (AvgIpc) is 2.89. The maximum atomic E-state index is 12.9. The highest BCUT2D eigenvalue weighted by Crippen LogP contribution is 2.18. The largest absolute Gasteiger partial charge is 0.461 e. The molecule has 39 heavy (non-hydrogen) atoms. The van der Waals surface area contributed by atoms with Crippen molar-refractivity contribution >= 4 is 47.2 Å². The van der Waals surface area contributed by atoms with Crippen molar-refractivity contribution in [1.29, 1.82) is 0 Å². The van der Waals surface area contributed by atoms with Crippen LogP contribution in [-0.4, -0.2) is 54.3 Å². The fourth-order valence-electron chi connectivity index (χ4n) is 2.20. The summed E-state index contributed by atoms with van der Waals surface area (Å²) < 4.78 is 86.1. The number of aldehydes is 1. The van der Waals surface area contributed by atoms with Gasteiger partial charge in [0.05, 0.1) is 24.6 Å². The molecule has 17 heteroatoms. The summed E-state index contributed by atoms with van der Waals surface area (Å²) in [6, 6.07) is 2.52. The molecule has 2 aromatic carbocycles. The molecule has 0 atom stereocenters. The van der Waals surface area contributed by atoms with E-state index in [0.29, 0.717) is 30.5 Å². The number of anilines is 2. The lowest BCUT2D eigenvalue weighted by atomic mass is 10.3. The lowest BCUT2D eigenvalue weighted by Gasteiger charge is -2.04. The molecule has 0 saturated carbocycles. The van der Waals surface area contributed by atoms with Gasteiger partial charge in [0, 0.05) is 24.3 Å². The zero-order chi connectivity index (χ0) is 29.5. The zero-order valence-electron chi connectivity index (χ0n) is 20.0. The molecular formula is C22H19F6N5O6. The van der Waals surface area contributed by atoms with Crippen molar-refractivity contribution in [3.05, 3.63) is 59.2 Å². The molecule has 2 aromatic rings. The number of rotatable bonds is 10. The van der Waals surface area contributed by atoms with Gasteiger partial charge in [-0.05, 0) is 13.8 Å². The first kappa shape index (κ1) is 32.1. The van der Waals surface area contributed by atoms with Crippen LogP contribution in [0, 0.1) is 34.9 Å². The average molecular weight is 563 g/mol. The normalized spacial score (nSPS) is 11.4. The Hall–Kier alpha value is -4.96. The fraction of sp³-hybridized carbons (Fsp3) is 0.182. The third-order valence-electron chi connectivity index (χ3n) is 3.84. The molecule has 0 unspecified atom stereocenters. The van der Waals surface area contributed by atoms with Gasteiger partial charge in [-0.3, -0.25) is 15.6 Å². The number of carbonyl (C=O) groups is 3. The minimum absolute atomic E-state index is 0.0332. The van der Waals surface area contributed by atoms with Gasteiger partial charge >= 0.3 is 11.9 Å². The summed E-state index contributed by atoms with van der Waals surface area (Å²) in [5.74, 6) is -10.9. The van der Waals surface area contributed by atoms with E-state index < -0.39 is 58.3 Å². The van der Waals surface area contributed by atoms with E-state index in [-0.39, 0.29) is 30.9 Å². The van der Waals surface area contributed by atoms with Crippen molar-refractivity contribution in [1.82, 2.24) is 0 Å². The van der Waals surface area contributed by atoms with Crippen molar-refractivity contribution in [2.75, 3.05) is 24.1 Å². The van der Waals surface area contributed by atoms with Gasteiger partial charge in [0.2, 0.25) is 5.71 Å². The number of nitrogens with zero attached hydrogens (tertiary/aromatic N) is 3. The van der Waals surface area contributed by atoms with Crippen molar-refractivity contribution in [3.63, 3.8) is 0 Å². The molecule has 11 nitrogen and oxygen atoms in total. The Kier molecular flexibility index (Phi) is 13.2. The number of oxime groups is 1.